The van der Waals surface area contributed by atoms with Crippen LogP contribution in [0.5, 0.6) is 17.2 Å². The molecule has 1 aliphatic heterocycles. The number of benzene rings is 4. The Morgan fingerprint density at radius 2 is 1.55 bits per heavy atom. The topological polar surface area (TPSA) is 43.5 Å². The van der Waals surface area contributed by atoms with Crippen molar-refractivity contribution in [2.24, 2.45) is 0 Å². The van der Waals surface area contributed by atoms with Crippen molar-refractivity contribution in [1.82, 2.24) is 4.98 Å². The van der Waals surface area contributed by atoms with E-state index in [-0.39, 0.29) is 12.7 Å². The molecule has 5 aromatic rings. The molecule has 1 unspecified atom stereocenters. The molecule has 0 aliphatic carbocycles. The van der Waals surface area contributed by atoms with Gasteiger partial charge in [0.25, 0.3) is 0 Å². The standard InChI is InChI=1S/C29H23NO3/c1-31-24-14-8-6-12-22(24)28(20-15-16-25-26(17-20)33-18-32-25)29-27(19-9-3-2-4-10-19)21-11-5-7-13-23(21)30-29/h2-17,28,30H,18H2,1H3. The van der Waals surface area contributed by atoms with E-state index in [1.807, 2.05) is 24.3 Å². The second kappa shape index (κ2) is 8.06. The number of H-pyrrole nitrogens is 1. The van der Waals surface area contributed by atoms with Gasteiger partial charge in [0.2, 0.25) is 6.79 Å². The number of rotatable bonds is 5. The minimum Gasteiger partial charge on any atom is -0.496 e. The maximum absolute atomic E-state index is 5.81. The highest BCUT2D eigenvalue weighted by Crippen LogP contribution is 2.46. The molecule has 1 aliphatic rings. The summed E-state index contributed by atoms with van der Waals surface area (Å²) in [5.41, 5.74) is 6.78. The van der Waals surface area contributed by atoms with E-state index < -0.39 is 0 Å². The van der Waals surface area contributed by atoms with Crippen LogP contribution in [-0.4, -0.2) is 18.9 Å². The normalized spacial score (nSPS) is 13.2. The minimum absolute atomic E-state index is 0.0988. The van der Waals surface area contributed by atoms with Crippen molar-refractivity contribution in [1.29, 1.82) is 0 Å². The number of nitrogens with one attached hydrogen (secondary N) is 1. The van der Waals surface area contributed by atoms with E-state index in [4.69, 9.17) is 14.2 Å². The number of hydrogen-bond donors (Lipinski definition) is 1. The van der Waals surface area contributed by atoms with Crippen molar-refractivity contribution in [2.75, 3.05) is 13.9 Å². The summed E-state index contributed by atoms with van der Waals surface area (Å²) in [4.78, 5) is 3.75. The zero-order valence-corrected chi connectivity index (χ0v) is 18.2. The predicted octanol–water partition coefficient (Wildman–Crippen LogP) is 6.75. The molecule has 4 heteroatoms. The summed E-state index contributed by atoms with van der Waals surface area (Å²) in [5.74, 6) is 2.29. The molecule has 0 bridgehead atoms. The third kappa shape index (κ3) is 3.31. The van der Waals surface area contributed by atoms with E-state index >= 15 is 0 Å². The second-order valence-corrected chi connectivity index (χ2v) is 8.11. The van der Waals surface area contributed by atoms with Crippen molar-refractivity contribution in [3.63, 3.8) is 0 Å². The largest absolute Gasteiger partial charge is 0.496 e. The molecule has 0 radical (unpaired) electrons. The van der Waals surface area contributed by atoms with Gasteiger partial charge >= 0.3 is 0 Å². The summed E-state index contributed by atoms with van der Waals surface area (Å²) in [7, 11) is 1.72. The molecule has 4 nitrogen and oxygen atoms in total. The molecule has 1 atom stereocenters. The fourth-order valence-electron chi connectivity index (χ4n) is 4.79. The summed E-state index contributed by atoms with van der Waals surface area (Å²) in [6, 6.07) is 33.4. The van der Waals surface area contributed by atoms with Crippen LogP contribution in [0.15, 0.2) is 97.1 Å². The maximum atomic E-state index is 5.81. The van der Waals surface area contributed by atoms with Crippen molar-refractivity contribution in [2.45, 2.75) is 5.92 Å². The van der Waals surface area contributed by atoms with Gasteiger partial charge in [-0.2, -0.15) is 0 Å². The lowest BCUT2D eigenvalue weighted by atomic mass is 9.84. The summed E-state index contributed by atoms with van der Waals surface area (Å²) < 4.78 is 17.1. The number of fused-ring (bicyclic) bond motifs is 2. The van der Waals surface area contributed by atoms with Crippen molar-refractivity contribution in [3.8, 4) is 28.4 Å². The van der Waals surface area contributed by atoms with Gasteiger partial charge in [0.1, 0.15) is 5.75 Å². The summed E-state index contributed by atoms with van der Waals surface area (Å²) in [6.07, 6.45) is 0. The highest BCUT2D eigenvalue weighted by Gasteiger charge is 2.28. The molecule has 0 saturated carbocycles. The Labute approximate surface area is 192 Å². The number of aromatic nitrogens is 1. The first-order chi connectivity index (χ1) is 16.3. The van der Waals surface area contributed by atoms with Gasteiger partial charge in [0, 0.05) is 27.7 Å². The molecule has 2 heterocycles. The average molecular weight is 434 g/mol. The summed E-state index contributed by atoms with van der Waals surface area (Å²) in [6.45, 7) is 0.250. The Morgan fingerprint density at radius 1 is 0.788 bits per heavy atom. The van der Waals surface area contributed by atoms with E-state index in [1.54, 1.807) is 7.11 Å². The van der Waals surface area contributed by atoms with Gasteiger partial charge in [-0.25, -0.2) is 0 Å². The SMILES string of the molecule is COc1ccccc1C(c1ccc2c(c1)OCO2)c1[nH]c2ccccc2c1-c1ccccc1. The molecule has 1 aromatic heterocycles. The highest BCUT2D eigenvalue weighted by atomic mass is 16.7. The van der Waals surface area contributed by atoms with Crippen LogP contribution in [-0.2, 0) is 0 Å². The molecule has 0 saturated heterocycles. The molecule has 0 fully saturated rings. The van der Waals surface area contributed by atoms with Crippen molar-refractivity contribution < 1.29 is 14.2 Å². The second-order valence-electron chi connectivity index (χ2n) is 8.11. The van der Waals surface area contributed by atoms with E-state index in [2.05, 4.69) is 77.8 Å². The number of ether oxygens (including phenoxy) is 3. The van der Waals surface area contributed by atoms with Crippen LogP contribution in [0.4, 0.5) is 0 Å². The summed E-state index contributed by atoms with van der Waals surface area (Å²) >= 11 is 0. The van der Waals surface area contributed by atoms with Crippen LogP contribution in [0.1, 0.15) is 22.7 Å². The van der Waals surface area contributed by atoms with Gasteiger partial charge in [-0.3, -0.25) is 0 Å². The smallest absolute Gasteiger partial charge is 0.231 e. The Balaban J connectivity index is 1.66. The van der Waals surface area contributed by atoms with Crippen LogP contribution in [0, 0.1) is 0 Å². The quantitative estimate of drug-likeness (QED) is 0.333. The number of methoxy groups -OCH3 is 1. The molecule has 4 aromatic carbocycles. The molecule has 162 valence electrons. The maximum Gasteiger partial charge on any atom is 0.231 e. The molecular formula is C29H23NO3. The summed E-state index contributed by atoms with van der Waals surface area (Å²) in [5, 5.41) is 1.19. The fraction of sp³-hybridized carbons (Fsp3) is 0.103. The predicted molar refractivity (Wildman–Crippen MR) is 130 cm³/mol. The molecule has 1 N–H and O–H groups in total. The highest BCUT2D eigenvalue weighted by molar-refractivity contribution is 5.98. The third-order valence-corrected chi connectivity index (χ3v) is 6.27. The van der Waals surface area contributed by atoms with Gasteiger partial charge in [0.05, 0.1) is 13.0 Å². The van der Waals surface area contributed by atoms with E-state index in [0.29, 0.717) is 0 Å². The Bertz CT molecular complexity index is 1440. The zero-order chi connectivity index (χ0) is 22.2. The van der Waals surface area contributed by atoms with Gasteiger partial charge in [-0.05, 0) is 35.4 Å². The lowest BCUT2D eigenvalue weighted by Crippen LogP contribution is -2.07. The molecule has 0 spiro atoms. The Hall–Kier alpha value is -4.18. The molecule has 33 heavy (non-hydrogen) atoms. The van der Waals surface area contributed by atoms with Crippen LogP contribution in [0.2, 0.25) is 0 Å². The van der Waals surface area contributed by atoms with E-state index in [0.717, 1.165) is 39.6 Å². The van der Waals surface area contributed by atoms with Crippen LogP contribution in [0.3, 0.4) is 0 Å². The first-order valence-electron chi connectivity index (χ1n) is 11.0. The zero-order valence-electron chi connectivity index (χ0n) is 18.2. The molecular weight excluding hydrogens is 410 g/mol. The number of aromatic amines is 1. The Morgan fingerprint density at radius 3 is 2.42 bits per heavy atom. The monoisotopic (exact) mass is 433 g/mol. The molecule has 0 amide bonds. The first kappa shape index (κ1) is 19.5. The lowest BCUT2D eigenvalue weighted by Gasteiger charge is -2.22. The van der Waals surface area contributed by atoms with Crippen LogP contribution < -0.4 is 14.2 Å². The van der Waals surface area contributed by atoms with Crippen molar-refractivity contribution >= 4 is 10.9 Å². The minimum atomic E-state index is -0.0988. The van der Waals surface area contributed by atoms with Crippen LogP contribution in [0.25, 0.3) is 22.0 Å². The van der Waals surface area contributed by atoms with Crippen molar-refractivity contribution in [3.05, 3.63) is 114 Å². The van der Waals surface area contributed by atoms with E-state index in [1.165, 1.54) is 16.5 Å². The number of para-hydroxylation sites is 2. The van der Waals surface area contributed by atoms with E-state index in [9.17, 15) is 0 Å². The van der Waals surface area contributed by atoms with Gasteiger partial charge in [0.15, 0.2) is 11.5 Å². The number of hydrogen-bond acceptors (Lipinski definition) is 3. The average Bonchev–Trinajstić information content (AvgIpc) is 3.49. The lowest BCUT2D eigenvalue weighted by molar-refractivity contribution is 0.174. The van der Waals surface area contributed by atoms with Gasteiger partial charge in [-0.1, -0.05) is 72.8 Å². The fourth-order valence-corrected chi connectivity index (χ4v) is 4.79. The molecule has 6 rings (SSSR count). The Kier molecular flexibility index (Phi) is 4.76. The first-order valence-corrected chi connectivity index (χ1v) is 11.0. The van der Waals surface area contributed by atoms with Gasteiger partial charge < -0.3 is 19.2 Å². The third-order valence-electron chi connectivity index (χ3n) is 6.27. The van der Waals surface area contributed by atoms with Crippen LogP contribution >= 0.6 is 0 Å². The van der Waals surface area contributed by atoms with Gasteiger partial charge in [-0.15, -0.1) is 0 Å².